The standard InChI is InChI=1S/C21H23O4P/c1-16(22)20-17(2)25-26(23-14-9-15-24-26,19-12-7-4-8-13-19)21(20)18-10-5-3-6-11-18/h3-8,10-13,21H,9,14-15H2,1-2H3/t21-/m1/s1. The van der Waals surface area contributed by atoms with E-state index in [9.17, 15) is 4.79 Å². The summed E-state index contributed by atoms with van der Waals surface area (Å²) in [5.41, 5.74) is 1.26. The number of Topliss-reactive ketones (excluding diaryl/α,β-unsaturated/α-hetero) is 1. The first-order valence-corrected chi connectivity index (χ1v) is 11.0. The number of carbonyl (C=O) groups excluding carboxylic acids is 1. The van der Waals surface area contributed by atoms with E-state index in [-0.39, 0.29) is 11.4 Å². The predicted octanol–water partition coefficient (Wildman–Crippen LogP) is 4.68. The Kier molecular flexibility index (Phi) is 4.23. The van der Waals surface area contributed by atoms with Crippen LogP contribution in [-0.2, 0) is 18.4 Å². The van der Waals surface area contributed by atoms with Crippen LogP contribution in [0.25, 0.3) is 0 Å². The van der Waals surface area contributed by atoms with Gasteiger partial charge in [-0.3, -0.25) is 0 Å². The Hall–Kier alpha value is -2.00. The maximum absolute atomic E-state index is 12.6. The van der Waals surface area contributed by atoms with Crippen LogP contribution in [0.2, 0.25) is 0 Å². The molecule has 0 amide bonds. The van der Waals surface area contributed by atoms with Gasteiger partial charge in [-0.25, -0.2) is 0 Å². The van der Waals surface area contributed by atoms with Gasteiger partial charge in [0.25, 0.3) is 0 Å². The van der Waals surface area contributed by atoms with Crippen LogP contribution in [0, 0.1) is 0 Å². The fourth-order valence-electron chi connectivity index (χ4n) is 4.10. The van der Waals surface area contributed by atoms with Gasteiger partial charge in [0.15, 0.2) is 0 Å². The second kappa shape index (κ2) is 6.31. The number of hydrogen-bond acceptors (Lipinski definition) is 4. The summed E-state index contributed by atoms with van der Waals surface area (Å²) in [5.74, 6) is 0.598. The SMILES string of the molecule is CC(=O)C1=C(C)OP2(c3ccccc3)(OCCCO2)[C@@H]1c1ccccc1. The number of hydrogen-bond donors (Lipinski definition) is 0. The second-order valence-corrected chi connectivity index (χ2v) is 10.3. The maximum atomic E-state index is 12.6. The molecule has 0 bridgehead atoms. The molecule has 2 aromatic rings. The summed E-state index contributed by atoms with van der Waals surface area (Å²) in [6.07, 6.45) is 0.810. The predicted molar refractivity (Wildman–Crippen MR) is 103 cm³/mol. The molecular weight excluding hydrogens is 347 g/mol. The van der Waals surface area contributed by atoms with Gasteiger partial charge in [-0.15, -0.1) is 0 Å². The van der Waals surface area contributed by atoms with Crippen molar-refractivity contribution in [3.8, 4) is 0 Å². The molecule has 136 valence electrons. The molecule has 1 saturated heterocycles. The van der Waals surface area contributed by atoms with Crippen LogP contribution in [0.15, 0.2) is 72.0 Å². The normalized spacial score (nSPS) is 25.3. The van der Waals surface area contributed by atoms with Crippen molar-refractivity contribution in [2.45, 2.75) is 25.9 Å². The minimum atomic E-state index is -3.81. The monoisotopic (exact) mass is 370 g/mol. The molecule has 1 atom stereocenters. The molecule has 0 N–H and O–H groups in total. The van der Waals surface area contributed by atoms with Crippen LogP contribution >= 0.6 is 7.28 Å². The Morgan fingerprint density at radius 2 is 1.54 bits per heavy atom. The summed E-state index contributed by atoms with van der Waals surface area (Å²) in [5, 5.41) is 0.891. The first kappa shape index (κ1) is 17.4. The van der Waals surface area contributed by atoms with Gasteiger partial charge in [-0.2, -0.15) is 0 Å². The quantitative estimate of drug-likeness (QED) is 0.736. The molecule has 26 heavy (non-hydrogen) atoms. The van der Waals surface area contributed by atoms with Crippen molar-refractivity contribution in [3.63, 3.8) is 0 Å². The number of allylic oxidation sites excluding steroid dienone is 2. The summed E-state index contributed by atoms with van der Waals surface area (Å²) < 4.78 is 19.6. The molecule has 2 heterocycles. The average Bonchev–Trinajstić information content (AvgIpc) is 2.93. The molecule has 1 fully saturated rings. The molecule has 5 heteroatoms. The Bertz CT molecular complexity index is 854. The van der Waals surface area contributed by atoms with E-state index in [1.54, 1.807) is 6.92 Å². The summed E-state index contributed by atoms with van der Waals surface area (Å²) >= 11 is 0. The Labute approximate surface area is 154 Å². The Morgan fingerprint density at radius 3 is 2.12 bits per heavy atom. The summed E-state index contributed by atoms with van der Waals surface area (Å²) in [6, 6.07) is 19.8. The van der Waals surface area contributed by atoms with Crippen molar-refractivity contribution < 1.29 is 18.4 Å². The summed E-state index contributed by atoms with van der Waals surface area (Å²) in [4.78, 5) is 12.6. The third-order valence-corrected chi connectivity index (χ3v) is 9.72. The zero-order chi connectivity index (χ0) is 18.2. The van der Waals surface area contributed by atoms with Crippen molar-refractivity contribution in [1.82, 2.24) is 0 Å². The molecule has 0 aliphatic carbocycles. The van der Waals surface area contributed by atoms with E-state index < -0.39 is 7.28 Å². The van der Waals surface area contributed by atoms with Gasteiger partial charge in [-0.1, -0.05) is 0 Å². The molecule has 1 spiro atoms. The molecule has 2 aromatic carbocycles. The van der Waals surface area contributed by atoms with Crippen LogP contribution in [0.5, 0.6) is 0 Å². The zero-order valence-electron chi connectivity index (χ0n) is 15.1. The van der Waals surface area contributed by atoms with E-state index in [1.807, 2.05) is 67.6 Å². The van der Waals surface area contributed by atoms with Gasteiger partial charge >= 0.3 is 153 Å². The van der Waals surface area contributed by atoms with Gasteiger partial charge in [0, 0.05) is 0 Å². The van der Waals surface area contributed by atoms with E-state index in [4.69, 9.17) is 13.6 Å². The molecule has 0 unspecified atom stereocenters. The van der Waals surface area contributed by atoms with E-state index >= 15 is 0 Å². The molecular formula is C21H23O4P. The van der Waals surface area contributed by atoms with E-state index in [0.29, 0.717) is 24.5 Å². The molecule has 0 aromatic heterocycles. The second-order valence-electron chi connectivity index (χ2n) is 6.73. The van der Waals surface area contributed by atoms with Crippen LogP contribution in [0.4, 0.5) is 0 Å². The Balaban J connectivity index is 2.03. The van der Waals surface area contributed by atoms with E-state index in [2.05, 4.69) is 0 Å². The number of benzene rings is 2. The van der Waals surface area contributed by atoms with Crippen LogP contribution in [0.1, 0.15) is 31.5 Å². The molecule has 2 aliphatic rings. The van der Waals surface area contributed by atoms with Crippen molar-refractivity contribution in [2.24, 2.45) is 0 Å². The van der Waals surface area contributed by atoms with Gasteiger partial charge < -0.3 is 0 Å². The zero-order valence-corrected chi connectivity index (χ0v) is 15.9. The minimum absolute atomic E-state index is 0.00782. The fourth-order valence-corrected chi connectivity index (χ4v) is 9.15. The molecule has 2 aliphatic heterocycles. The van der Waals surface area contributed by atoms with Crippen molar-refractivity contribution in [3.05, 3.63) is 77.6 Å². The van der Waals surface area contributed by atoms with Gasteiger partial charge in [0.2, 0.25) is 0 Å². The van der Waals surface area contributed by atoms with Gasteiger partial charge in [-0.05, 0) is 0 Å². The summed E-state index contributed by atoms with van der Waals surface area (Å²) in [6.45, 7) is 4.53. The van der Waals surface area contributed by atoms with E-state index in [1.165, 1.54) is 0 Å². The topological polar surface area (TPSA) is 44.8 Å². The summed E-state index contributed by atoms with van der Waals surface area (Å²) in [7, 11) is -3.81. The average molecular weight is 370 g/mol. The first-order valence-electron chi connectivity index (χ1n) is 8.91. The fraction of sp³-hybridized carbons (Fsp3) is 0.286. The van der Waals surface area contributed by atoms with Crippen molar-refractivity contribution >= 4 is 18.4 Å². The third-order valence-electron chi connectivity index (χ3n) is 5.08. The van der Waals surface area contributed by atoms with Crippen LogP contribution in [-0.4, -0.2) is 19.0 Å². The van der Waals surface area contributed by atoms with Crippen molar-refractivity contribution in [1.29, 1.82) is 0 Å². The van der Waals surface area contributed by atoms with Gasteiger partial charge in [0.1, 0.15) is 0 Å². The van der Waals surface area contributed by atoms with Crippen molar-refractivity contribution in [2.75, 3.05) is 13.2 Å². The van der Waals surface area contributed by atoms with Gasteiger partial charge in [0.05, 0.1) is 0 Å². The molecule has 0 saturated carbocycles. The Morgan fingerprint density at radius 1 is 0.962 bits per heavy atom. The number of rotatable bonds is 3. The molecule has 4 rings (SSSR count). The number of ketones is 1. The number of carbonyl (C=O) groups is 1. The van der Waals surface area contributed by atoms with E-state index in [0.717, 1.165) is 17.3 Å². The van der Waals surface area contributed by atoms with Crippen LogP contribution < -0.4 is 5.30 Å². The molecule has 4 nitrogen and oxygen atoms in total. The molecule has 0 radical (unpaired) electrons. The third kappa shape index (κ3) is 2.37. The van der Waals surface area contributed by atoms with Crippen LogP contribution in [0.3, 0.4) is 0 Å². The first-order chi connectivity index (χ1) is 12.6.